The summed E-state index contributed by atoms with van der Waals surface area (Å²) in [4.78, 5) is 13.3. The molecule has 5 rings (SSSR count). The fourth-order valence-electron chi connectivity index (χ4n) is 3.06. The van der Waals surface area contributed by atoms with Crippen molar-refractivity contribution >= 4 is 11.0 Å². The molecule has 0 spiro atoms. The highest BCUT2D eigenvalue weighted by molar-refractivity contribution is 5.88. The van der Waals surface area contributed by atoms with Crippen LogP contribution in [0.5, 0.6) is 5.75 Å². The minimum absolute atomic E-state index is 0.106. The van der Waals surface area contributed by atoms with Crippen molar-refractivity contribution in [3.05, 3.63) is 77.2 Å². The highest BCUT2D eigenvalue weighted by atomic mass is 16.6. The van der Waals surface area contributed by atoms with Gasteiger partial charge in [-0.25, -0.2) is 0 Å². The molecule has 134 valence electrons. The summed E-state index contributed by atoms with van der Waals surface area (Å²) in [6.07, 6.45) is 1.72. The lowest BCUT2D eigenvalue weighted by Crippen LogP contribution is -2.08. The van der Waals surface area contributed by atoms with E-state index in [9.17, 15) is 4.79 Å². The van der Waals surface area contributed by atoms with E-state index in [4.69, 9.17) is 18.3 Å². The van der Waals surface area contributed by atoms with Crippen LogP contribution in [-0.2, 0) is 4.74 Å². The van der Waals surface area contributed by atoms with E-state index in [1.54, 1.807) is 36.6 Å². The molecule has 5 nitrogen and oxygen atoms in total. The maximum absolute atomic E-state index is 13.3. The molecule has 1 aliphatic heterocycles. The summed E-state index contributed by atoms with van der Waals surface area (Å²) in [6, 6.07) is 18.3. The van der Waals surface area contributed by atoms with E-state index in [0.717, 1.165) is 12.2 Å². The van der Waals surface area contributed by atoms with Crippen molar-refractivity contribution in [3.8, 4) is 28.4 Å². The number of ether oxygens (including phenoxy) is 2. The van der Waals surface area contributed by atoms with E-state index < -0.39 is 0 Å². The third-order valence-corrected chi connectivity index (χ3v) is 4.51. The molecular formula is C22H16O5. The summed E-state index contributed by atoms with van der Waals surface area (Å²) in [7, 11) is 0. The summed E-state index contributed by atoms with van der Waals surface area (Å²) in [5.74, 6) is 1.55. The molecule has 2 aromatic heterocycles. The van der Waals surface area contributed by atoms with E-state index in [2.05, 4.69) is 0 Å². The fourth-order valence-corrected chi connectivity index (χ4v) is 3.06. The second kappa shape index (κ2) is 6.45. The molecule has 1 fully saturated rings. The van der Waals surface area contributed by atoms with Crippen molar-refractivity contribution in [3.63, 3.8) is 0 Å². The molecule has 0 aliphatic carbocycles. The van der Waals surface area contributed by atoms with Crippen LogP contribution < -0.4 is 10.2 Å². The topological polar surface area (TPSA) is 65.1 Å². The van der Waals surface area contributed by atoms with Crippen LogP contribution in [0.2, 0.25) is 0 Å². The van der Waals surface area contributed by atoms with Crippen molar-refractivity contribution in [2.45, 2.75) is 6.10 Å². The van der Waals surface area contributed by atoms with Gasteiger partial charge in [0.25, 0.3) is 0 Å². The van der Waals surface area contributed by atoms with Gasteiger partial charge < -0.3 is 18.3 Å². The normalized spacial score (nSPS) is 15.8. The van der Waals surface area contributed by atoms with Crippen LogP contribution in [0.1, 0.15) is 0 Å². The molecule has 1 saturated heterocycles. The Morgan fingerprint density at radius 3 is 2.63 bits per heavy atom. The molecule has 4 aromatic rings. The summed E-state index contributed by atoms with van der Waals surface area (Å²) in [6.45, 7) is 1.22. The van der Waals surface area contributed by atoms with Gasteiger partial charge in [0, 0.05) is 6.07 Å². The van der Waals surface area contributed by atoms with Crippen molar-refractivity contribution in [2.24, 2.45) is 0 Å². The molecule has 3 heterocycles. The molecule has 0 radical (unpaired) electrons. The molecule has 2 aromatic carbocycles. The Bertz CT molecular complexity index is 1140. The molecule has 0 amide bonds. The highest BCUT2D eigenvalue weighted by Gasteiger charge is 2.23. The second-order valence-electron chi connectivity index (χ2n) is 6.40. The van der Waals surface area contributed by atoms with Crippen LogP contribution in [-0.4, -0.2) is 19.3 Å². The summed E-state index contributed by atoms with van der Waals surface area (Å²) < 4.78 is 22.5. The lowest BCUT2D eigenvalue weighted by atomic mass is 10.0. The van der Waals surface area contributed by atoms with Gasteiger partial charge in [0.2, 0.25) is 5.43 Å². The van der Waals surface area contributed by atoms with Crippen LogP contribution in [0.15, 0.2) is 80.6 Å². The van der Waals surface area contributed by atoms with Gasteiger partial charge in [-0.15, -0.1) is 0 Å². The molecule has 1 atom stereocenters. The second-order valence-corrected chi connectivity index (χ2v) is 6.40. The molecule has 27 heavy (non-hydrogen) atoms. The number of hydrogen-bond acceptors (Lipinski definition) is 5. The molecular weight excluding hydrogens is 344 g/mol. The average Bonchev–Trinajstić information content (AvgIpc) is 3.37. The van der Waals surface area contributed by atoms with Gasteiger partial charge in [0.15, 0.2) is 11.5 Å². The predicted molar refractivity (Wildman–Crippen MR) is 101 cm³/mol. The first-order chi connectivity index (χ1) is 13.3. The zero-order valence-corrected chi connectivity index (χ0v) is 14.4. The van der Waals surface area contributed by atoms with E-state index in [1.807, 2.05) is 30.3 Å². The number of furan rings is 1. The highest BCUT2D eigenvalue weighted by Crippen LogP contribution is 2.33. The van der Waals surface area contributed by atoms with Crippen molar-refractivity contribution in [1.29, 1.82) is 0 Å². The Morgan fingerprint density at radius 1 is 1.04 bits per heavy atom. The van der Waals surface area contributed by atoms with Crippen molar-refractivity contribution < 1.29 is 18.3 Å². The van der Waals surface area contributed by atoms with Crippen LogP contribution in [0.4, 0.5) is 0 Å². The Balaban J connectivity index is 1.70. The van der Waals surface area contributed by atoms with Gasteiger partial charge in [0.1, 0.15) is 24.0 Å². The van der Waals surface area contributed by atoms with Crippen LogP contribution >= 0.6 is 0 Å². The maximum atomic E-state index is 13.3. The first kappa shape index (κ1) is 15.9. The van der Waals surface area contributed by atoms with E-state index >= 15 is 0 Å². The molecule has 1 unspecified atom stereocenters. The van der Waals surface area contributed by atoms with Gasteiger partial charge in [-0.1, -0.05) is 30.3 Å². The number of epoxide rings is 1. The summed E-state index contributed by atoms with van der Waals surface area (Å²) in [5.41, 5.74) is 1.62. The molecule has 5 heteroatoms. The minimum atomic E-state index is -0.106. The van der Waals surface area contributed by atoms with E-state index in [1.165, 1.54) is 0 Å². The SMILES string of the molecule is O=c1c(-c2ccccc2)c(-c2ccco2)oc2cc(OCC3CO3)ccc12. The lowest BCUT2D eigenvalue weighted by Gasteiger charge is -2.10. The van der Waals surface area contributed by atoms with E-state index in [-0.39, 0.29) is 11.5 Å². The smallest absolute Gasteiger partial charge is 0.201 e. The first-order valence-electron chi connectivity index (χ1n) is 8.74. The Morgan fingerprint density at radius 2 is 1.89 bits per heavy atom. The fraction of sp³-hybridized carbons (Fsp3) is 0.136. The lowest BCUT2D eigenvalue weighted by molar-refractivity contribution is 0.263. The quantitative estimate of drug-likeness (QED) is 0.490. The zero-order valence-electron chi connectivity index (χ0n) is 14.4. The van der Waals surface area contributed by atoms with Crippen LogP contribution in [0, 0.1) is 0 Å². The van der Waals surface area contributed by atoms with Gasteiger partial charge in [-0.05, 0) is 29.8 Å². The molecule has 1 aliphatic rings. The Hall–Kier alpha value is -3.31. The third kappa shape index (κ3) is 3.02. The van der Waals surface area contributed by atoms with Crippen LogP contribution in [0.3, 0.4) is 0 Å². The zero-order chi connectivity index (χ0) is 18.2. The number of fused-ring (bicyclic) bond motifs is 1. The van der Waals surface area contributed by atoms with Gasteiger partial charge in [-0.2, -0.15) is 0 Å². The standard InChI is InChI=1S/C22H16O5/c23-21-17-9-8-15(25-12-16-13-26-16)11-19(17)27-22(18-7-4-10-24-18)20(21)14-5-2-1-3-6-14/h1-11,16H,12-13H2. The largest absolute Gasteiger partial charge is 0.491 e. The molecule has 0 bridgehead atoms. The third-order valence-electron chi connectivity index (χ3n) is 4.51. The van der Waals surface area contributed by atoms with Crippen molar-refractivity contribution in [1.82, 2.24) is 0 Å². The Labute approximate surface area is 154 Å². The average molecular weight is 360 g/mol. The first-order valence-corrected chi connectivity index (χ1v) is 8.74. The summed E-state index contributed by atoms with van der Waals surface area (Å²) >= 11 is 0. The van der Waals surface area contributed by atoms with E-state index in [0.29, 0.717) is 40.4 Å². The molecule has 0 N–H and O–H groups in total. The minimum Gasteiger partial charge on any atom is -0.491 e. The maximum Gasteiger partial charge on any atom is 0.201 e. The van der Waals surface area contributed by atoms with Gasteiger partial charge in [-0.3, -0.25) is 4.79 Å². The predicted octanol–water partition coefficient (Wildman–Crippen LogP) is 4.50. The molecule has 0 saturated carbocycles. The Kier molecular flexibility index (Phi) is 3.80. The number of hydrogen-bond donors (Lipinski definition) is 0. The summed E-state index contributed by atoms with van der Waals surface area (Å²) in [5, 5.41) is 0.499. The van der Waals surface area contributed by atoms with Gasteiger partial charge in [0.05, 0.1) is 23.8 Å². The van der Waals surface area contributed by atoms with Gasteiger partial charge >= 0.3 is 0 Å². The monoisotopic (exact) mass is 360 g/mol. The number of benzene rings is 2. The number of rotatable bonds is 5. The van der Waals surface area contributed by atoms with Crippen molar-refractivity contribution in [2.75, 3.05) is 13.2 Å². The van der Waals surface area contributed by atoms with Crippen LogP contribution in [0.25, 0.3) is 33.6 Å².